The Morgan fingerprint density at radius 2 is 1.95 bits per heavy atom. The van der Waals surface area contributed by atoms with Gasteiger partial charge in [0.1, 0.15) is 0 Å². The molecule has 2 rings (SSSR count). The van der Waals surface area contributed by atoms with E-state index in [0.717, 1.165) is 25.8 Å². The van der Waals surface area contributed by atoms with Gasteiger partial charge in [0, 0.05) is 24.5 Å². The normalized spacial score (nSPS) is 30.9. The van der Waals surface area contributed by atoms with Gasteiger partial charge in [0.2, 0.25) is 5.91 Å². The summed E-state index contributed by atoms with van der Waals surface area (Å²) in [4.78, 5) is 14.8. The van der Waals surface area contributed by atoms with Gasteiger partial charge in [-0.3, -0.25) is 9.69 Å². The van der Waals surface area contributed by atoms with E-state index in [0.29, 0.717) is 18.0 Å². The second kappa shape index (κ2) is 7.41. The van der Waals surface area contributed by atoms with Gasteiger partial charge in [0.25, 0.3) is 0 Å². The zero-order chi connectivity index (χ0) is 14.5. The summed E-state index contributed by atoms with van der Waals surface area (Å²) in [6.07, 6.45) is 7.06. The molecule has 1 aliphatic carbocycles. The Hall–Kier alpha value is -0.610. The number of likely N-dealkylation sites (tertiary alicyclic amines) is 1. The highest BCUT2D eigenvalue weighted by molar-refractivity contribution is 5.78. The molecule has 2 fully saturated rings. The van der Waals surface area contributed by atoms with Gasteiger partial charge in [-0.1, -0.05) is 13.3 Å². The molecular weight excluding hydrogens is 250 g/mol. The van der Waals surface area contributed by atoms with Gasteiger partial charge < -0.3 is 11.1 Å². The minimum atomic E-state index is 0.104. The molecule has 0 spiro atoms. The highest BCUT2D eigenvalue weighted by Crippen LogP contribution is 2.29. The Bertz CT molecular complexity index is 315. The van der Waals surface area contributed by atoms with Gasteiger partial charge in [0.05, 0.1) is 0 Å². The lowest BCUT2D eigenvalue weighted by atomic mass is 9.78. The largest absolute Gasteiger partial charge is 0.354 e. The number of nitrogens with zero attached hydrogens (tertiary/aromatic N) is 1. The highest BCUT2D eigenvalue weighted by atomic mass is 16.1. The van der Waals surface area contributed by atoms with Crippen LogP contribution in [0.2, 0.25) is 0 Å². The number of hydrogen-bond acceptors (Lipinski definition) is 3. The van der Waals surface area contributed by atoms with Crippen molar-refractivity contribution in [1.29, 1.82) is 0 Å². The smallest absolute Gasteiger partial charge is 0.223 e. The molecule has 2 aliphatic rings. The summed E-state index contributed by atoms with van der Waals surface area (Å²) in [5, 5.41) is 3.15. The lowest BCUT2D eigenvalue weighted by Crippen LogP contribution is -2.44. The van der Waals surface area contributed by atoms with E-state index < -0.39 is 0 Å². The molecule has 4 atom stereocenters. The van der Waals surface area contributed by atoms with E-state index in [1.54, 1.807) is 0 Å². The number of nitrogens with two attached hydrogens (primary N) is 1. The summed E-state index contributed by atoms with van der Waals surface area (Å²) >= 11 is 0. The Balaban J connectivity index is 1.73. The van der Waals surface area contributed by atoms with E-state index >= 15 is 0 Å². The standard InChI is InChI=1S/C16H31N3O/c1-12(19-8-3-4-9-19)11-18-16(20)13(2)14-6-5-7-15(17)10-14/h12-15H,3-11,17H2,1-2H3,(H,18,20). The maximum Gasteiger partial charge on any atom is 0.223 e. The summed E-state index contributed by atoms with van der Waals surface area (Å²) in [7, 11) is 0. The number of carbonyl (C=O) groups excluding carboxylic acids is 1. The average Bonchev–Trinajstić information content (AvgIpc) is 2.97. The van der Waals surface area contributed by atoms with Crippen molar-refractivity contribution in [3.8, 4) is 0 Å². The SMILES string of the molecule is CC(C(=O)NCC(C)N1CCCC1)C1CCCC(N)C1. The van der Waals surface area contributed by atoms with Crippen LogP contribution in [-0.2, 0) is 4.79 Å². The Morgan fingerprint density at radius 3 is 2.60 bits per heavy atom. The fourth-order valence-electron chi connectivity index (χ4n) is 3.66. The molecule has 0 bridgehead atoms. The molecule has 1 saturated heterocycles. The van der Waals surface area contributed by atoms with Crippen LogP contribution in [0.4, 0.5) is 0 Å². The second-order valence-electron chi connectivity index (χ2n) is 6.81. The van der Waals surface area contributed by atoms with Crippen LogP contribution in [0.3, 0.4) is 0 Å². The first kappa shape index (κ1) is 15.8. The quantitative estimate of drug-likeness (QED) is 0.807. The molecule has 20 heavy (non-hydrogen) atoms. The van der Waals surface area contributed by atoms with Gasteiger partial charge in [0.15, 0.2) is 0 Å². The van der Waals surface area contributed by atoms with Crippen molar-refractivity contribution in [3.05, 3.63) is 0 Å². The van der Waals surface area contributed by atoms with Gasteiger partial charge >= 0.3 is 0 Å². The molecule has 0 radical (unpaired) electrons. The maximum atomic E-state index is 12.3. The number of nitrogens with one attached hydrogen (secondary N) is 1. The predicted molar refractivity (Wildman–Crippen MR) is 82.4 cm³/mol. The second-order valence-corrected chi connectivity index (χ2v) is 6.81. The molecule has 0 aromatic carbocycles. The van der Waals surface area contributed by atoms with E-state index in [-0.39, 0.29) is 11.8 Å². The zero-order valence-electron chi connectivity index (χ0n) is 13.1. The van der Waals surface area contributed by atoms with E-state index in [1.807, 2.05) is 0 Å². The van der Waals surface area contributed by atoms with E-state index in [1.165, 1.54) is 32.4 Å². The zero-order valence-corrected chi connectivity index (χ0v) is 13.1. The third-order valence-corrected chi connectivity index (χ3v) is 5.21. The van der Waals surface area contributed by atoms with E-state index in [9.17, 15) is 4.79 Å². The summed E-state index contributed by atoms with van der Waals surface area (Å²) in [6, 6.07) is 0.759. The van der Waals surface area contributed by atoms with E-state index in [4.69, 9.17) is 5.73 Å². The first-order chi connectivity index (χ1) is 9.58. The van der Waals surface area contributed by atoms with Crippen molar-refractivity contribution < 1.29 is 4.79 Å². The first-order valence-corrected chi connectivity index (χ1v) is 8.35. The minimum Gasteiger partial charge on any atom is -0.354 e. The molecule has 1 amide bonds. The molecule has 4 unspecified atom stereocenters. The summed E-state index contributed by atoms with van der Waals surface area (Å²) in [6.45, 7) is 7.43. The topological polar surface area (TPSA) is 58.4 Å². The van der Waals surface area contributed by atoms with Crippen molar-refractivity contribution in [3.63, 3.8) is 0 Å². The fourth-order valence-corrected chi connectivity index (χ4v) is 3.66. The van der Waals surface area contributed by atoms with Crippen molar-refractivity contribution in [2.45, 2.75) is 64.5 Å². The first-order valence-electron chi connectivity index (χ1n) is 8.35. The van der Waals surface area contributed by atoms with Gasteiger partial charge in [-0.05, 0) is 58.0 Å². The van der Waals surface area contributed by atoms with Crippen molar-refractivity contribution >= 4 is 5.91 Å². The van der Waals surface area contributed by atoms with Crippen LogP contribution in [-0.4, -0.2) is 42.5 Å². The van der Waals surface area contributed by atoms with Crippen LogP contribution >= 0.6 is 0 Å². The molecule has 4 nitrogen and oxygen atoms in total. The number of hydrogen-bond donors (Lipinski definition) is 2. The molecule has 0 aromatic rings. The monoisotopic (exact) mass is 281 g/mol. The van der Waals surface area contributed by atoms with Crippen molar-refractivity contribution in [2.24, 2.45) is 17.6 Å². The third-order valence-electron chi connectivity index (χ3n) is 5.21. The molecular formula is C16H31N3O. The number of amides is 1. The van der Waals surface area contributed by atoms with Crippen LogP contribution < -0.4 is 11.1 Å². The lowest BCUT2D eigenvalue weighted by Gasteiger charge is -2.31. The van der Waals surface area contributed by atoms with Crippen LogP contribution in [0.25, 0.3) is 0 Å². The average molecular weight is 281 g/mol. The van der Waals surface area contributed by atoms with Crippen LogP contribution in [0, 0.1) is 11.8 Å². The number of carbonyl (C=O) groups is 1. The molecule has 1 aliphatic heterocycles. The molecule has 3 N–H and O–H groups in total. The Labute approximate surface area is 123 Å². The van der Waals surface area contributed by atoms with Gasteiger partial charge in [-0.2, -0.15) is 0 Å². The van der Waals surface area contributed by atoms with Crippen LogP contribution in [0.5, 0.6) is 0 Å². The fraction of sp³-hybridized carbons (Fsp3) is 0.938. The predicted octanol–water partition coefficient (Wildman–Crippen LogP) is 1.74. The molecule has 4 heteroatoms. The molecule has 1 heterocycles. The molecule has 0 aromatic heterocycles. The summed E-state index contributed by atoms with van der Waals surface area (Å²) < 4.78 is 0. The Kier molecular flexibility index (Phi) is 5.85. The van der Waals surface area contributed by atoms with Crippen LogP contribution in [0.15, 0.2) is 0 Å². The summed E-state index contributed by atoms with van der Waals surface area (Å²) in [5.41, 5.74) is 6.03. The maximum absolute atomic E-state index is 12.3. The minimum absolute atomic E-state index is 0.104. The molecule has 1 saturated carbocycles. The highest BCUT2D eigenvalue weighted by Gasteiger charge is 2.29. The van der Waals surface area contributed by atoms with Gasteiger partial charge in [-0.25, -0.2) is 0 Å². The van der Waals surface area contributed by atoms with Gasteiger partial charge in [-0.15, -0.1) is 0 Å². The van der Waals surface area contributed by atoms with Crippen molar-refractivity contribution in [1.82, 2.24) is 10.2 Å². The van der Waals surface area contributed by atoms with E-state index in [2.05, 4.69) is 24.1 Å². The molecule has 116 valence electrons. The summed E-state index contributed by atoms with van der Waals surface area (Å²) in [5.74, 6) is 0.795. The third kappa shape index (κ3) is 4.19. The van der Waals surface area contributed by atoms with Crippen LogP contribution in [0.1, 0.15) is 52.4 Å². The Morgan fingerprint density at radius 1 is 1.25 bits per heavy atom. The van der Waals surface area contributed by atoms with Crippen molar-refractivity contribution in [2.75, 3.05) is 19.6 Å². The lowest BCUT2D eigenvalue weighted by molar-refractivity contribution is -0.126. The number of rotatable bonds is 5.